The van der Waals surface area contributed by atoms with Crippen molar-refractivity contribution in [1.82, 2.24) is 14.8 Å². The number of sulfonamides is 1. The molecular formula is C16H13ClN4O4S2. The number of aromatic nitrogens is 3. The molecule has 27 heavy (non-hydrogen) atoms. The SMILES string of the molecule is NS(=O)(=O)c1ccc(-n2c(SCC(=O)O)nnc2-c2ccc(Cl)cc2)cc1. The average Bonchev–Trinajstić information content (AvgIpc) is 3.04. The predicted molar refractivity (Wildman–Crippen MR) is 102 cm³/mol. The molecule has 0 saturated carbocycles. The first-order chi connectivity index (χ1) is 12.8. The van der Waals surface area contributed by atoms with Crippen molar-refractivity contribution in [3.8, 4) is 17.1 Å². The molecule has 0 saturated heterocycles. The smallest absolute Gasteiger partial charge is 0.313 e. The summed E-state index contributed by atoms with van der Waals surface area (Å²) in [6, 6.07) is 12.7. The monoisotopic (exact) mass is 424 g/mol. The summed E-state index contributed by atoms with van der Waals surface area (Å²) in [5.74, 6) is -0.733. The van der Waals surface area contributed by atoms with Gasteiger partial charge >= 0.3 is 5.97 Å². The van der Waals surface area contributed by atoms with Crippen molar-refractivity contribution < 1.29 is 18.3 Å². The predicted octanol–water partition coefficient (Wildman–Crippen LogP) is 2.41. The highest BCUT2D eigenvalue weighted by Crippen LogP contribution is 2.29. The van der Waals surface area contributed by atoms with Gasteiger partial charge in [0.15, 0.2) is 11.0 Å². The number of primary sulfonamides is 1. The highest BCUT2D eigenvalue weighted by molar-refractivity contribution is 7.99. The van der Waals surface area contributed by atoms with Crippen LogP contribution in [0, 0.1) is 0 Å². The van der Waals surface area contributed by atoms with Crippen molar-refractivity contribution in [2.45, 2.75) is 10.1 Å². The number of nitrogens with two attached hydrogens (primary N) is 1. The minimum atomic E-state index is -3.83. The van der Waals surface area contributed by atoms with Crippen LogP contribution in [-0.4, -0.2) is 40.0 Å². The molecule has 11 heteroatoms. The Hall–Kier alpha value is -2.40. The number of carbonyl (C=O) groups is 1. The van der Waals surface area contributed by atoms with Crippen LogP contribution < -0.4 is 5.14 Å². The number of aliphatic carboxylic acids is 1. The maximum Gasteiger partial charge on any atom is 0.313 e. The molecule has 0 radical (unpaired) electrons. The average molecular weight is 425 g/mol. The highest BCUT2D eigenvalue weighted by atomic mass is 35.5. The van der Waals surface area contributed by atoms with Crippen molar-refractivity contribution in [2.24, 2.45) is 5.14 Å². The van der Waals surface area contributed by atoms with E-state index in [0.717, 1.165) is 11.8 Å². The summed E-state index contributed by atoms with van der Waals surface area (Å²) < 4.78 is 24.6. The molecule has 3 aromatic rings. The summed E-state index contributed by atoms with van der Waals surface area (Å²) in [6.07, 6.45) is 0. The van der Waals surface area contributed by atoms with Gasteiger partial charge in [0.2, 0.25) is 10.0 Å². The van der Waals surface area contributed by atoms with Crippen LogP contribution in [0.2, 0.25) is 5.02 Å². The molecule has 0 aliphatic heterocycles. The maximum absolute atomic E-state index is 11.5. The van der Waals surface area contributed by atoms with Crippen LogP contribution in [0.3, 0.4) is 0 Å². The fourth-order valence-electron chi connectivity index (χ4n) is 2.29. The Balaban J connectivity index is 2.11. The lowest BCUT2D eigenvalue weighted by atomic mass is 10.2. The van der Waals surface area contributed by atoms with Gasteiger partial charge in [0.1, 0.15) is 0 Å². The van der Waals surface area contributed by atoms with Gasteiger partial charge in [0, 0.05) is 16.3 Å². The van der Waals surface area contributed by atoms with Gasteiger partial charge in [-0.3, -0.25) is 9.36 Å². The zero-order valence-electron chi connectivity index (χ0n) is 13.6. The van der Waals surface area contributed by atoms with E-state index in [1.54, 1.807) is 41.0 Å². The lowest BCUT2D eigenvalue weighted by Crippen LogP contribution is -2.12. The lowest BCUT2D eigenvalue weighted by molar-refractivity contribution is -0.133. The van der Waals surface area contributed by atoms with Gasteiger partial charge in [-0.2, -0.15) is 0 Å². The van der Waals surface area contributed by atoms with E-state index in [4.69, 9.17) is 21.8 Å². The van der Waals surface area contributed by atoms with Crippen molar-refractivity contribution in [3.63, 3.8) is 0 Å². The number of nitrogens with zero attached hydrogens (tertiary/aromatic N) is 3. The fraction of sp³-hybridized carbons (Fsp3) is 0.0625. The van der Waals surface area contributed by atoms with Gasteiger partial charge in [0.05, 0.1) is 10.6 Å². The molecule has 0 amide bonds. The standard InChI is InChI=1S/C16H13ClN4O4S2/c17-11-3-1-10(2-4-11)15-19-20-16(26-9-14(22)23)21(15)12-5-7-13(8-6-12)27(18,24)25/h1-8H,9H2,(H,22,23)(H2,18,24,25). The molecular weight excluding hydrogens is 412 g/mol. The molecule has 1 aromatic heterocycles. The van der Waals surface area contributed by atoms with E-state index >= 15 is 0 Å². The number of rotatable bonds is 6. The van der Waals surface area contributed by atoms with Gasteiger partial charge in [-0.15, -0.1) is 10.2 Å². The second kappa shape index (κ2) is 7.69. The zero-order valence-corrected chi connectivity index (χ0v) is 16.0. The van der Waals surface area contributed by atoms with E-state index < -0.39 is 16.0 Å². The Bertz CT molecular complexity index is 1080. The van der Waals surface area contributed by atoms with Crippen LogP contribution in [0.5, 0.6) is 0 Å². The normalized spacial score (nSPS) is 11.5. The molecule has 0 atom stereocenters. The zero-order chi connectivity index (χ0) is 19.6. The van der Waals surface area contributed by atoms with E-state index in [1.807, 2.05) is 0 Å². The number of hydrogen-bond acceptors (Lipinski definition) is 6. The molecule has 140 valence electrons. The first-order valence-electron chi connectivity index (χ1n) is 7.45. The minimum Gasteiger partial charge on any atom is -0.481 e. The molecule has 0 bridgehead atoms. The van der Waals surface area contributed by atoms with Crippen LogP contribution in [0.15, 0.2) is 58.6 Å². The summed E-state index contributed by atoms with van der Waals surface area (Å²) >= 11 is 6.92. The Morgan fingerprint density at radius 2 is 1.74 bits per heavy atom. The van der Waals surface area contributed by atoms with Crippen molar-refractivity contribution in [1.29, 1.82) is 0 Å². The summed E-state index contributed by atoms with van der Waals surface area (Å²) in [6.45, 7) is 0. The van der Waals surface area contributed by atoms with E-state index in [2.05, 4.69) is 10.2 Å². The van der Waals surface area contributed by atoms with Crippen LogP contribution in [0.1, 0.15) is 0 Å². The molecule has 2 aromatic carbocycles. The van der Waals surface area contributed by atoms with E-state index in [0.29, 0.717) is 27.3 Å². The summed E-state index contributed by atoms with van der Waals surface area (Å²) in [5, 5.41) is 23.2. The number of halogens is 1. The summed E-state index contributed by atoms with van der Waals surface area (Å²) in [7, 11) is -3.83. The quantitative estimate of drug-likeness (QED) is 0.581. The Morgan fingerprint density at radius 3 is 2.30 bits per heavy atom. The molecule has 1 heterocycles. The molecule has 3 rings (SSSR count). The second-order valence-electron chi connectivity index (χ2n) is 5.37. The maximum atomic E-state index is 11.5. The third-order valence-corrected chi connectivity index (χ3v) is 5.58. The number of hydrogen-bond donors (Lipinski definition) is 2. The Morgan fingerprint density at radius 1 is 1.11 bits per heavy atom. The first kappa shape index (κ1) is 19.4. The molecule has 0 unspecified atom stereocenters. The summed E-state index contributed by atoms with van der Waals surface area (Å²) in [4.78, 5) is 10.9. The lowest BCUT2D eigenvalue weighted by Gasteiger charge is -2.10. The Kier molecular flexibility index (Phi) is 5.51. The fourth-order valence-corrected chi connectivity index (χ4v) is 3.61. The highest BCUT2D eigenvalue weighted by Gasteiger charge is 2.18. The summed E-state index contributed by atoms with van der Waals surface area (Å²) in [5.41, 5.74) is 1.27. The number of benzene rings is 2. The number of thioether (sulfide) groups is 1. The molecule has 0 aliphatic carbocycles. The van der Waals surface area contributed by atoms with E-state index in [-0.39, 0.29) is 10.6 Å². The topological polar surface area (TPSA) is 128 Å². The molecule has 0 spiro atoms. The van der Waals surface area contributed by atoms with Crippen molar-refractivity contribution >= 4 is 39.4 Å². The Labute approximate surface area is 164 Å². The van der Waals surface area contributed by atoms with E-state index in [1.165, 1.54) is 12.1 Å². The minimum absolute atomic E-state index is 0.0351. The van der Waals surface area contributed by atoms with Crippen LogP contribution in [0.25, 0.3) is 17.1 Å². The molecule has 0 fully saturated rings. The van der Waals surface area contributed by atoms with Crippen LogP contribution in [-0.2, 0) is 14.8 Å². The molecule has 3 N–H and O–H groups in total. The van der Waals surface area contributed by atoms with Gasteiger partial charge in [-0.25, -0.2) is 13.6 Å². The van der Waals surface area contributed by atoms with Crippen molar-refractivity contribution in [2.75, 3.05) is 5.75 Å². The molecule has 8 nitrogen and oxygen atoms in total. The van der Waals surface area contributed by atoms with Crippen molar-refractivity contribution in [3.05, 3.63) is 53.6 Å². The van der Waals surface area contributed by atoms with Gasteiger partial charge in [-0.1, -0.05) is 23.4 Å². The second-order valence-corrected chi connectivity index (χ2v) is 8.31. The third-order valence-electron chi connectivity index (χ3n) is 3.48. The third kappa shape index (κ3) is 4.48. The van der Waals surface area contributed by atoms with Crippen LogP contribution in [0.4, 0.5) is 0 Å². The van der Waals surface area contributed by atoms with Gasteiger partial charge in [-0.05, 0) is 48.5 Å². The number of carboxylic acids is 1. The number of carboxylic acid groups (broad SMARTS) is 1. The largest absolute Gasteiger partial charge is 0.481 e. The van der Waals surface area contributed by atoms with Gasteiger partial charge in [0.25, 0.3) is 0 Å². The van der Waals surface area contributed by atoms with Crippen LogP contribution >= 0.6 is 23.4 Å². The molecule has 0 aliphatic rings. The first-order valence-corrected chi connectivity index (χ1v) is 10.4. The van der Waals surface area contributed by atoms with Gasteiger partial charge < -0.3 is 5.11 Å². The van der Waals surface area contributed by atoms with E-state index in [9.17, 15) is 13.2 Å².